The van der Waals surface area contributed by atoms with Crippen molar-refractivity contribution in [3.05, 3.63) is 0 Å². The maximum Gasteiger partial charge on any atom is 0.307 e. The van der Waals surface area contributed by atoms with Crippen LogP contribution in [0.15, 0.2) is 0 Å². The lowest BCUT2D eigenvalue weighted by atomic mass is 10.2. The van der Waals surface area contributed by atoms with Gasteiger partial charge < -0.3 is 25.6 Å². The molecule has 1 fully saturated rings. The first-order valence-corrected chi connectivity index (χ1v) is 10.3. The number of hydrogen-bond donors (Lipinski definition) is 2. The fourth-order valence-electron chi connectivity index (χ4n) is 3.08. The number of nitrogens with one attached hydrogen (secondary N) is 1. The third-order valence-electron chi connectivity index (χ3n) is 4.74. The smallest absolute Gasteiger partial charge is 0.307 e. The zero-order valence-corrected chi connectivity index (χ0v) is 16.3. The zero-order chi connectivity index (χ0) is 18.2. The topological polar surface area (TPSA) is 70.8 Å². The van der Waals surface area contributed by atoms with E-state index >= 15 is 0 Å². The van der Waals surface area contributed by atoms with Gasteiger partial charge in [-0.25, -0.2) is 0 Å². The van der Waals surface area contributed by atoms with Gasteiger partial charge in [-0.3, -0.25) is 4.79 Å². The average molecular weight is 357 g/mol. The molecule has 0 spiro atoms. The van der Waals surface area contributed by atoms with E-state index < -0.39 is 0 Å². The number of esters is 1. The molecule has 0 saturated carbocycles. The Labute approximate surface area is 154 Å². The van der Waals surface area contributed by atoms with Gasteiger partial charge in [0.1, 0.15) is 0 Å². The number of piperazine rings is 1. The molecule has 1 aliphatic heterocycles. The van der Waals surface area contributed by atoms with E-state index in [1.54, 1.807) is 0 Å². The van der Waals surface area contributed by atoms with Crippen molar-refractivity contribution in [3.8, 4) is 0 Å². The highest BCUT2D eigenvalue weighted by atomic mass is 16.5. The van der Waals surface area contributed by atoms with Crippen LogP contribution in [0.25, 0.3) is 0 Å². The maximum absolute atomic E-state index is 11.6. The van der Waals surface area contributed by atoms with Crippen molar-refractivity contribution in [2.75, 3.05) is 65.5 Å². The number of carbonyl (C=O) groups excluding carboxylic acids is 1. The number of rotatable bonds is 15. The molecule has 0 radical (unpaired) electrons. The highest BCUT2D eigenvalue weighted by Gasteiger charge is 2.15. The quantitative estimate of drug-likeness (QED) is 0.342. The summed E-state index contributed by atoms with van der Waals surface area (Å²) in [7, 11) is 0. The van der Waals surface area contributed by atoms with E-state index in [2.05, 4.69) is 22.0 Å². The second kappa shape index (κ2) is 15.6. The molecule has 0 unspecified atom stereocenters. The molecule has 1 rings (SSSR count). The summed E-state index contributed by atoms with van der Waals surface area (Å²) in [5.74, 6) is -0.0717. The van der Waals surface area contributed by atoms with Gasteiger partial charge in [0, 0.05) is 32.7 Å². The molecule has 1 heterocycles. The minimum Gasteiger partial charge on any atom is -0.466 e. The van der Waals surface area contributed by atoms with Crippen LogP contribution in [-0.4, -0.2) is 81.3 Å². The molecule has 1 aliphatic rings. The Hall–Kier alpha value is -0.690. The monoisotopic (exact) mass is 356 g/mol. The Bertz CT molecular complexity index is 321. The Balaban J connectivity index is 1.86. The Morgan fingerprint density at radius 2 is 1.64 bits per heavy atom. The van der Waals surface area contributed by atoms with Crippen molar-refractivity contribution in [3.63, 3.8) is 0 Å². The summed E-state index contributed by atoms with van der Waals surface area (Å²) in [6.07, 6.45) is 7.30. The number of carbonyl (C=O) groups is 1. The standard InChI is InChI=1S/C19H40N4O2/c1-2-3-4-5-18-25-19(24)8-11-21-10-7-13-23-16-14-22(15-17-23)12-6-9-20/h21H,2-18,20H2,1H3. The summed E-state index contributed by atoms with van der Waals surface area (Å²) in [5, 5.41) is 3.35. The van der Waals surface area contributed by atoms with E-state index in [4.69, 9.17) is 10.5 Å². The van der Waals surface area contributed by atoms with Crippen molar-refractivity contribution in [1.82, 2.24) is 15.1 Å². The Morgan fingerprint density at radius 3 is 2.28 bits per heavy atom. The largest absolute Gasteiger partial charge is 0.466 e. The lowest BCUT2D eigenvalue weighted by Crippen LogP contribution is -2.47. The molecular formula is C19H40N4O2. The molecule has 0 atom stereocenters. The molecule has 25 heavy (non-hydrogen) atoms. The predicted molar refractivity (Wildman–Crippen MR) is 104 cm³/mol. The van der Waals surface area contributed by atoms with Crippen LogP contribution in [0.4, 0.5) is 0 Å². The van der Waals surface area contributed by atoms with E-state index in [9.17, 15) is 4.79 Å². The van der Waals surface area contributed by atoms with E-state index in [0.717, 1.165) is 84.6 Å². The van der Waals surface area contributed by atoms with Gasteiger partial charge in [-0.05, 0) is 45.4 Å². The van der Waals surface area contributed by atoms with Crippen LogP contribution < -0.4 is 11.1 Å². The number of ether oxygens (including phenoxy) is 1. The second-order valence-electron chi connectivity index (χ2n) is 6.96. The molecule has 0 bridgehead atoms. The zero-order valence-electron chi connectivity index (χ0n) is 16.3. The van der Waals surface area contributed by atoms with Crippen LogP contribution in [0.2, 0.25) is 0 Å². The fraction of sp³-hybridized carbons (Fsp3) is 0.947. The SMILES string of the molecule is CCCCCCOC(=O)CCNCCCN1CCN(CCCN)CC1. The maximum atomic E-state index is 11.6. The van der Waals surface area contributed by atoms with Gasteiger partial charge in [-0.2, -0.15) is 0 Å². The second-order valence-corrected chi connectivity index (χ2v) is 6.96. The lowest BCUT2D eigenvalue weighted by molar-refractivity contribution is -0.143. The van der Waals surface area contributed by atoms with Gasteiger partial charge in [0.15, 0.2) is 0 Å². The minimum atomic E-state index is -0.0717. The molecule has 3 N–H and O–H groups in total. The summed E-state index contributed by atoms with van der Waals surface area (Å²) < 4.78 is 5.23. The first kappa shape index (κ1) is 22.4. The molecule has 6 nitrogen and oxygen atoms in total. The van der Waals surface area contributed by atoms with Gasteiger partial charge in [-0.1, -0.05) is 26.2 Å². The highest BCUT2D eigenvalue weighted by Crippen LogP contribution is 2.03. The first-order chi connectivity index (χ1) is 12.3. The Morgan fingerprint density at radius 1 is 0.960 bits per heavy atom. The van der Waals surface area contributed by atoms with Crippen LogP contribution >= 0.6 is 0 Å². The van der Waals surface area contributed by atoms with Crippen molar-refractivity contribution in [2.45, 2.75) is 51.9 Å². The summed E-state index contributed by atoms with van der Waals surface area (Å²) in [6.45, 7) is 12.2. The van der Waals surface area contributed by atoms with Crippen LogP contribution in [0.5, 0.6) is 0 Å². The molecule has 148 valence electrons. The number of nitrogens with zero attached hydrogens (tertiary/aromatic N) is 2. The third-order valence-corrected chi connectivity index (χ3v) is 4.74. The van der Waals surface area contributed by atoms with Gasteiger partial charge in [0.2, 0.25) is 0 Å². The van der Waals surface area contributed by atoms with E-state index in [1.807, 2.05) is 0 Å². The van der Waals surface area contributed by atoms with Crippen LogP contribution in [0, 0.1) is 0 Å². The van der Waals surface area contributed by atoms with Crippen molar-refractivity contribution < 1.29 is 9.53 Å². The average Bonchev–Trinajstić information content (AvgIpc) is 2.63. The summed E-state index contributed by atoms with van der Waals surface area (Å²) in [4.78, 5) is 16.6. The third kappa shape index (κ3) is 12.3. The summed E-state index contributed by atoms with van der Waals surface area (Å²) in [5.41, 5.74) is 5.57. The lowest BCUT2D eigenvalue weighted by Gasteiger charge is -2.34. The van der Waals surface area contributed by atoms with Gasteiger partial charge in [0.25, 0.3) is 0 Å². The molecule has 6 heteroatoms. The van der Waals surface area contributed by atoms with Gasteiger partial charge in [0.05, 0.1) is 13.0 Å². The molecule has 0 aromatic carbocycles. The number of unbranched alkanes of at least 4 members (excludes halogenated alkanes) is 3. The van der Waals surface area contributed by atoms with Gasteiger partial charge in [-0.15, -0.1) is 0 Å². The number of nitrogens with two attached hydrogens (primary N) is 1. The molecule has 0 aromatic heterocycles. The van der Waals surface area contributed by atoms with Crippen LogP contribution in [0.1, 0.15) is 51.9 Å². The predicted octanol–water partition coefficient (Wildman–Crippen LogP) is 1.45. The molecule has 0 aromatic rings. The molecule has 0 amide bonds. The summed E-state index contributed by atoms with van der Waals surface area (Å²) in [6, 6.07) is 0. The van der Waals surface area contributed by atoms with E-state index in [-0.39, 0.29) is 5.97 Å². The summed E-state index contributed by atoms with van der Waals surface area (Å²) >= 11 is 0. The van der Waals surface area contributed by atoms with Crippen molar-refractivity contribution in [2.24, 2.45) is 5.73 Å². The Kier molecular flexibility index (Phi) is 13.9. The first-order valence-electron chi connectivity index (χ1n) is 10.3. The van der Waals surface area contributed by atoms with Gasteiger partial charge >= 0.3 is 5.97 Å². The molecular weight excluding hydrogens is 316 g/mol. The van der Waals surface area contributed by atoms with E-state index in [0.29, 0.717) is 13.0 Å². The fourth-order valence-corrected chi connectivity index (χ4v) is 3.08. The van der Waals surface area contributed by atoms with Crippen LogP contribution in [-0.2, 0) is 9.53 Å². The van der Waals surface area contributed by atoms with Crippen molar-refractivity contribution >= 4 is 5.97 Å². The minimum absolute atomic E-state index is 0.0717. The molecule has 1 saturated heterocycles. The number of hydrogen-bond acceptors (Lipinski definition) is 6. The molecule has 0 aliphatic carbocycles. The van der Waals surface area contributed by atoms with E-state index in [1.165, 1.54) is 12.8 Å². The van der Waals surface area contributed by atoms with Crippen LogP contribution in [0.3, 0.4) is 0 Å². The highest BCUT2D eigenvalue weighted by molar-refractivity contribution is 5.69. The van der Waals surface area contributed by atoms with Crippen molar-refractivity contribution in [1.29, 1.82) is 0 Å². The normalized spacial score (nSPS) is 16.2.